The molecule has 1 saturated heterocycles. The number of urea groups is 1. The molecule has 2 atom stereocenters. The zero-order valence-corrected chi connectivity index (χ0v) is 11.6. The maximum atomic E-state index is 12.5. The molecule has 4 nitrogen and oxygen atoms in total. The average Bonchev–Trinajstić information content (AvgIpc) is 2.66. The Morgan fingerprint density at radius 2 is 1.67 bits per heavy atom. The number of carbonyl (C=O) groups is 1. The van der Waals surface area contributed by atoms with Crippen LogP contribution in [0.5, 0.6) is 0 Å². The van der Waals surface area contributed by atoms with Crippen LogP contribution in [0.2, 0.25) is 0 Å². The van der Waals surface area contributed by atoms with Crippen LogP contribution in [0.1, 0.15) is 51.4 Å². The third kappa shape index (κ3) is 3.16. The van der Waals surface area contributed by atoms with E-state index < -0.39 is 0 Å². The maximum absolute atomic E-state index is 12.5. The Labute approximate surface area is 110 Å². The van der Waals surface area contributed by atoms with Gasteiger partial charge in [-0.3, -0.25) is 0 Å². The Hall–Kier alpha value is -0.770. The van der Waals surface area contributed by atoms with E-state index in [0.29, 0.717) is 0 Å². The molecule has 0 radical (unpaired) electrons. The van der Waals surface area contributed by atoms with Crippen molar-refractivity contribution in [1.29, 1.82) is 0 Å². The van der Waals surface area contributed by atoms with E-state index in [4.69, 9.17) is 5.73 Å². The highest BCUT2D eigenvalue weighted by Gasteiger charge is 2.30. The number of carbonyl (C=O) groups excluding carboxylic acids is 1. The van der Waals surface area contributed by atoms with E-state index in [1.54, 1.807) is 0 Å². The van der Waals surface area contributed by atoms with E-state index in [-0.39, 0.29) is 18.1 Å². The number of hydrogen-bond donors (Lipinski definition) is 1. The summed E-state index contributed by atoms with van der Waals surface area (Å²) in [4.78, 5) is 16.4. The molecule has 0 aromatic rings. The van der Waals surface area contributed by atoms with Crippen molar-refractivity contribution in [2.45, 2.75) is 63.5 Å². The number of rotatable bonds is 1. The molecule has 0 bridgehead atoms. The smallest absolute Gasteiger partial charge is 0.320 e. The molecule has 2 amide bonds. The maximum Gasteiger partial charge on any atom is 0.320 e. The molecule has 104 valence electrons. The van der Waals surface area contributed by atoms with Crippen LogP contribution in [0.15, 0.2) is 0 Å². The van der Waals surface area contributed by atoms with Crippen molar-refractivity contribution in [3.8, 4) is 0 Å². The second-order valence-corrected chi connectivity index (χ2v) is 5.81. The predicted molar refractivity (Wildman–Crippen MR) is 73.4 cm³/mol. The first-order valence-corrected chi connectivity index (χ1v) is 7.47. The highest BCUT2D eigenvalue weighted by Crippen LogP contribution is 2.22. The average molecular weight is 253 g/mol. The third-order valence-corrected chi connectivity index (χ3v) is 4.46. The lowest BCUT2D eigenvalue weighted by Crippen LogP contribution is -2.54. The normalized spacial score (nSPS) is 29.8. The van der Waals surface area contributed by atoms with E-state index in [1.807, 2.05) is 16.8 Å². The summed E-state index contributed by atoms with van der Waals surface area (Å²) in [5.41, 5.74) is 6.17. The summed E-state index contributed by atoms with van der Waals surface area (Å²) in [5.74, 6) is 0. The Bertz CT molecular complexity index is 274. The van der Waals surface area contributed by atoms with Crippen molar-refractivity contribution >= 4 is 6.03 Å². The van der Waals surface area contributed by atoms with Crippen LogP contribution in [-0.2, 0) is 0 Å². The summed E-state index contributed by atoms with van der Waals surface area (Å²) in [6.07, 6.45) is 9.36. The van der Waals surface area contributed by atoms with E-state index >= 15 is 0 Å². The molecule has 1 aliphatic carbocycles. The van der Waals surface area contributed by atoms with E-state index in [0.717, 1.165) is 38.8 Å². The number of likely N-dealkylation sites (N-methyl/N-ethyl adjacent to an activating group) is 1. The highest BCUT2D eigenvalue weighted by atomic mass is 16.2. The van der Waals surface area contributed by atoms with Gasteiger partial charge in [-0.05, 0) is 25.7 Å². The number of likely N-dealkylation sites (tertiary alicyclic amines) is 1. The molecule has 2 aliphatic rings. The lowest BCUT2D eigenvalue weighted by atomic mass is 9.90. The van der Waals surface area contributed by atoms with Crippen molar-refractivity contribution in [2.24, 2.45) is 5.73 Å². The van der Waals surface area contributed by atoms with Crippen LogP contribution >= 0.6 is 0 Å². The zero-order chi connectivity index (χ0) is 13.0. The second-order valence-electron chi connectivity index (χ2n) is 5.81. The topological polar surface area (TPSA) is 49.6 Å². The molecule has 1 heterocycles. The van der Waals surface area contributed by atoms with Gasteiger partial charge in [0.25, 0.3) is 0 Å². The van der Waals surface area contributed by atoms with Gasteiger partial charge in [0.05, 0.1) is 0 Å². The van der Waals surface area contributed by atoms with Gasteiger partial charge in [-0.25, -0.2) is 4.79 Å². The molecular formula is C14H27N3O. The molecule has 2 rings (SSSR count). The summed E-state index contributed by atoms with van der Waals surface area (Å²) in [6.45, 7) is 1.84. The van der Waals surface area contributed by atoms with Gasteiger partial charge in [0.1, 0.15) is 0 Å². The molecule has 0 aromatic heterocycles. The SMILES string of the molecule is CN(C(=O)N1CCCCCC1)C1CCCCC1N. The minimum atomic E-state index is 0.166. The molecule has 2 fully saturated rings. The minimum Gasteiger partial charge on any atom is -0.326 e. The van der Waals surface area contributed by atoms with Crippen LogP contribution in [0.4, 0.5) is 4.79 Å². The van der Waals surface area contributed by atoms with Crippen LogP contribution in [0, 0.1) is 0 Å². The van der Waals surface area contributed by atoms with Crippen molar-refractivity contribution in [2.75, 3.05) is 20.1 Å². The van der Waals surface area contributed by atoms with Gasteiger partial charge in [-0.2, -0.15) is 0 Å². The molecule has 18 heavy (non-hydrogen) atoms. The molecule has 1 aliphatic heterocycles. The first-order chi connectivity index (χ1) is 8.70. The van der Waals surface area contributed by atoms with Crippen molar-refractivity contribution < 1.29 is 4.79 Å². The summed E-state index contributed by atoms with van der Waals surface area (Å²) in [6, 6.07) is 0.605. The Kier molecular flexibility index (Phi) is 4.87. The Morgan fingerprint density at radius 1 is 1.06 bits per heavy atom. The number of amides is 2. The first kappa shape index (κ1) is 13.7. The van der Waals surface area contributed by atoms with Crippen LogP contribution in [-0.4, -0.2) is 48.1 Å². The minimum absolute atomic E-state index is 0.166. The van der Waals surface area contributed by atoms with Gasteiger partial charge in [0, 0.05) is 32.2 Å². The van der Waals surface area contributed by atoms with Gasteiger partial charge in [-0.1, -0.05) is 25.7 Å². The fourth-order valence-electron chi connectivity index (χ4n) is 3.25. The zero-order valence-electron chi connectivity index (χ0n) is 11.6. The number of hydrogen-bond acceptors (Lipinski definition) is 2. The van der Waals surface area contributed by atoms with E-state index in [2.05, 4.69) is 0 Å². The Morgan fingerprint density at radius 3 is 2.28 bits per heavy atom. The molecule has 2 unspecified atom stereocenters. The largest absolute Gasteiger partial charge is 0.326 e. The van der Waals surface area contributed by atoms with Crippen molar-refractivity contribution in [3.63, 3.8) is 0 Å². The van der Waals surface area contributed by atoms with E-state index in [1.165, 1.54) is 25.7 Å². The summed E-state index contributed by atoms with van der Waals surface area (Å²) in [7, 11) is 1.93. The van der Waals surface area contributed by atoms with Crippen LogP contribution in [0.25, 0.3) is 0 Å². The Balaban J connectivity index is 1.93. The summed E-state index contributed by atoms with van der Waals surface area (Å²) < 4.78 is 0. The van der Waals surface area contributed by atoms with Gasteiger partial charge in [0.2, 0.25) is 0 Å². The quantitative estimate of drug-likeness (QED) is 0.778. The van der Waals surface area contributed by atoms with Crippen molar-refractivity contribution in [1.82, 2.24) is 9.80 Å². The van der Waals surface area contributed by atoms with Crippen molar-refractivity contribution in [3.05, 3.63) is 0 Å². The molecule has 0 aromatic carbocycles. The monoisotopic (exact) mass is 253 g/mol. The molecular weight excluding hydrogens is 226 g/mol. The lowest BCUT2D eigenvalue weighted by Gasteiger charge is -2.38. The molecule has 2 N–H and O–H groups in total. The van der Waals surface area contributed by atoms with E-state index in [9.17, 15) is 4.79 Å². The first-order valence-electron chi connectivity index (χ1n) is 7.47. The molecule has 1 saturated carbocycles. The molecule has 0 spiro atoms. The predicted octanol–water partition coefficient (Wildman–Crippen LogP) is 2.18. The van der Waals surface area contributed by atoms with Crippen LogP contribution < -0.4 is 5.73 Å². The van der Waals surface area contributed by atoms with Gasteiger partial charge in [0.15, 0.2) is 0 Å². The number of nitrogens with zero attached hydrogens (tertiary/aromatic N) is 2. The van der Waals surface area contributed by atoms with Crippen LogP contribution in [0.3, 0.4) is 0 Å². The molecule has 4 heteroatoms. The third-order valence-electron chi connectivity index (χ3n) is 4.46. The van der Waals surface area contributed by atoms with Gasteiger partial charge >= 0.3 is 6.03 Å². The fraction of sp³-hybridized carbons (Fsp3) is 0.929. The summed E-state index contributed by atoms with van der Waals surface area (Å²) in [5, 5.41) is 0. The second kappa shape index (κ2) is 6.41. The van der Waals surface area contributed by atoms with Gasteiger partial charge in [-0.15, -0.1) is 0 Å². The van der Waals surface area contributed by atoms with Gasteiger partial charge < -0.3 is 15.5 Å². The summed E-state index contributed by atoms with van der Waals surface area (Å²) >= 11 is 0. The standard InChI is InChI=1S/C14H27N3O/c1-16(13-9-5-4-8-12(13)15)14(18)17-10-6-2-3-7-11-17/h12-13H,2-11,15H2,1H3. The lowest BCUT2D eigenvalue weighted by molar-refractivity contribution is 0.128. The number of nitrogens with two attached hydrogens (primary N) is 1. The highest BCUT2D eigenvalue weighted by molar-refractivity contribution is 5.74. The fourth-order valence-corrected chi connectivity index (χ4v) is 3.25.